The summed E-state index contributed by atoms with van der Waals surface area (Å²) >= 11 is 0. The van der Waals surface area contributed by atoms with Crippen molar-refractivity contribution in [2.45, 2.75) is 19.6 Å². The van der Waals surface area contributed by atoms with Gasteiger partial charge in [0.2, 0.25) is 5.76 Å². The van der Waals surface area contributed by atoms with Gasteiger partial charge in [0.1, 0.15) is 18.0 Å². The lowest BCUT2D eigenvalue weighted by atomic mass is 9.97. The average molecular weight is 522 g/mol. The number of hydrogen-bond donors (Lipinski definition) is 0. The van der Waals surface area contributed by atoms with E-state index in [1.165, 1.54) is 36.3 Å². The van der Waals surface area contributed by atoms with Crippen molar-refractivity contribution in [2.75, 3.05) is 12.0 Å². The number of aryl methyl sites for hydroxylation is 1. The zero-order chi connectivity index (χ0) is 27.1. The van der Waals surface area contributed by atoms with Crippen molar-refractivity contribution >= 4 is 22.6 Å². The van der Waals surface area contributed by atoms with E-state index in [1.54, 1.807) is 30.3 Å². The van der Waals surface area contributed by atoms with Crippen molar-refractivity contribution in [2.24, 2.45) is 0 Å². The first-order valence-corrected chi connectivity index (χ1v) is 12.5. The van der Waals surface area contributed by atoms with Gasteiger partial charge in [0.25, 0.3) is 5.91 Å². The van der Waals surface area contributed by atoms with E-state index >= 15 is 0 Å². The Hall–Kier alpha value is -4.91. The lowest BCUT2D eigenvalue weighted by Gasteiger charge is -2.26. The smallest absolute Gasteiger partial charge is 0.295 e. The van der Waals surface area contributed by atoms with Crippen molar-refractivity contribution < 1.29 is 23.1 Å². The molecule has 0 bridgehead atoms. The number of benzene rings is 4. The number of carbonyl (C=O) groups is 1. The summed E-state index contributed by atoms with van der Waals surface area (Å²) in [6, 6.07) is 25.1. The maximum absolute atomic E-state index is 13.9. The molecule has 0 radical (unpaired) electrons. The molecule has 1 unspecified atom stereocenters. The van der Waals surface area contributed by atoms with Crippen LogP contribution in [0.25, 0.3) is 11.0 Å². The molecule has 1 amide bonds. The van der Waals surface area contributed by atoms with Gasteiger partial charge in [0.05, 0.1) is 24.1 Å². The highest BCUT2D eigenvalue weighted by atomic mass is 19.1. The minimum Gasteiger partial charge on any atom is -0.493 e. The fourth-order valence-corrected chi connectivity index (χ4v) is 4.98. The highest BCUT2D eigenvalue weighted by Crippen LogP contribution is 2.43. The first kappa shape index (κ1) is 24.4. The van der Waals surface area contributed by atoms with Crippen LogP contribution in [0.5, 0.6) is 11.5 Å². The maximum Gasteiger partial charge on any atom is 0.295 e. The Kier molecular flexibility index (Phi) is 6.11. The van der Waals surface area contributed by atoms with E-state index in [9.17, 15) is 14.0 Å². The molecule has 0 spiro atoms. The lowest BCUT2D eigenvalue weighted by Crippen LogP contribution is -2.29. The van der Waals surface area contributed by atoms with Crippen LogP contribution in [0.1, 0.15) is 38.9 Å². The second-order valence-corrected chi connectivity index (χ2v) is 9.41. The highest BCUT2D eigenvalue weighted by Gasteiger charge is 2.44. The Labute approximate surface area is 223 Å². The topological polar surface area (TPSA) is 69.0 Å². The molecule has 4 aromatic carbocycles. The quantitative estimate of drug-likeness (QED) is 0.253. The predicted molar refractivity (Wildman–Crippen MR) is 146 cm³/mol. The molecule has 0 N–H and O–H groups in total. The van der Waals surface area contributed by atoms with Gasteiger partial charge >= 0.3 is 0 Å². The van der Waals surface area contributed by atoms with E-state index in [1.807, 2.05) is 43.3 Å². The summed E-state index contributed by atoms with van der Waals surface area (Å²) in [7, 11) is 1.53. The monoisotopic (exact) mass is 521 g/mol. The van der Waals surface area contributed by atoms with Crippen LogP contribution in [0.4, 0.5) is 10.1 Å². The third kappa shape index (κ3) is 4.32. The SMILES string of the molecule is COc1cc(C2c3c(oc4ccc(C)cc4c3=O)C(=O)N2c2ccc(F)cc2)ccc1OCc1ccccc1. The number of rotatable bonds is 6. The second-order valence-electron chi connectivity index (χ2n) is 9.41. The molecule has 1 atom stereocenters. The number of amides is 1. The van der Waals surface area contributed by atoms with Crippen LogP contribution in [0.3, 0.4) is 0 Å². The number of carbonyl (C=O) groups excluding carboxylic acids is 1. The predicted octanol–water partition coefficient (Wildman–Crippen LogP) is 6.58. The Balaban J connectivity index is 1.49. The van der Waals surface area contributed by atoms with Crippen LogP contribution in [-0.4, -0.2) is 13.0 Å². The molecule has 0 aliphatic carbocycles. The van der Waals surface area contributed by atoms with Crippen molar-refractivity contribution in [3.8, 4) is 11.5 Å². The Morgan fingerprint density at radius 2 is 1.67 bits per heavy atom. The van der Waals surface area contributed by atoms with E-state index in [4.69, 9.17) is 13.9 Å². The van der Waals surface area contributed by atoms with Gasteiger partial charge in [-0.15, -0.1) is 0 Å². The molecule has 2 heterocycles. The summed E-state index contributed by atoms with van der Waals surface area (Å²) in [6.45, 7) is 2.23. The minimum absolute atomic E-state index is 0.0333. The molecule has 1 aliphatic heterocycles. The summed E-state index contributed by atoms with van der Waals surface area (Å²) in [6.07, 6.45) is 0. The molecule has 1 aromatic heterocycles. The van der Waals surface area contributed by atoms with Gasteiger partial charge in [-0.25, -0.2) is 4.39 Å². The summed E-state index contributed by atoms with van der Waals surface area (Å²) in [5.74, 6) is 0.0172. The highest BCUT2D eigenvalue weighted by molar-refractivity contribution is 6.10. The van der Waals surface area contributed by atoms with Gasteiger partial charge < -0.3 is 13.9 Å². The average Bonchev–Trinajstić information content (AvgIpc) is 3.25. The van der Waals surface area contributed by atoms with Crippen molar-refractivity contribution in [3.63, 3.8) is 0 Å². The van der Waals surface area contributed by atoms with E-state index in [0.717, 1.165) is 11.1 Å². The number of hydrogen-bond acceptors (Lipinski definition) is 5. The van der Waals surface area contributed by atoms with E-state index in [-0.39, 0.29) is 16.8 Å². The lowest BCUT2D eigenvalue weighted by molar-refractivity contribution is 0.0971. The summed E-state index contributed by atoms with van der Waals surface area (Å²) in [5.41, 5.74) is 3.22. The number of methoxy groups -OCH3 is 1. The van der Waals surface area contributed by atoms with Crippen molar-refractivity contribution in [1.82, 2.24) is 0 Å². The zero-order valence-electron chi connectivity index (χ0n) is 21.3. The normalized spacial score (nSPS) is 14.5. The second kappa shape index (κ2) is 9.76. The molecule has 39 heavy (non-hydrogen) atoms. The Morgan fingerprint density at radius 1 is 0.897 bits per heavy atom. The molecule has 1 aliphatic rings. The fraction of sp³-hybridized carbons (Fsp3) is 0.125. The number of ether oxygens (including phenoxy) is 2. The van der Waals surface area contributed by atoms with Crippen LogP contribution < -0.4 is 19.8 Å². The molecular weight excluding hydrogens is 497 g/mol. The van der Waals surface area contributed by atoms with E-state index < -0.39 is 17.8 Å². The Bertz CT molecular complexity index is 1760. The first-order chi connectivity index (χ1) is 18.9. The van der Waals surface area contributed by atoms with Crippen LogP contribution >= 0.6 is 0 Å². The summed E-state index contributed by atoms with van der Waals surface area (Å²) in [4.78, 5) is 29.1. The third-order valence-corrected chi connectivity index (χ3v) is 6.87. The molecular formula is C32H24FNO5. The molecule has 0 saturated heterocycles. The van der Waals surface area contributed by atoms with E-state index in [0.29, 0.717) is 40.3 Å². The number of nitrogens with zero attached hydrogens (tertiary/aromatic N) is 1. The largest absolute Gasteiger partial charge is 0.493 e. The van der Waals surface area contributed by atoms with Gasteiger partial charge in [0.15, 0.2) is 16.9 Å². The fourth-order valence-electron chi connectivity index (χ4n) is 4.98. The van der Waals surface area contributed by atoms with Crippen molar-refractivity contribution in [3.05, 3.63) is 135 Å². The van der Waals surface area contributed by atoms with E-state index in [2.05, 4.69) is 0 Å². The van der Waals surface area contributed by atoms with Gasteiger partial charge in [0, 0.05) is 5.69 Å². The molecule has 5 aromatic rings. The molecule has 194 valence electrons. The number of fused-ring (bicyclic) bond motifs is 2. The molecule has 6 rings (SSSR count). The van der Waals surface area contributed by atoms with Crippen molar-refractivity contribution in [1.29, 1.82) is 0 Å². The summed E-state index contributed by atoms with van der Waals surface area (Å²) < 4.78 is 31.5. The maximum atomic E-state index is 13.9. The molecule has 6 nitrogen and oxygen atoms in total. The third-order valence-electron chi connectivity index (χ3n) is 6.87. The number of anilines is 1. The molecule has 7 heteroatoms. The minimum atomic E-state index is -0.823. The molecule has 0 saturated carbocycles. The van der Waals surface area contributed by atoms with Crippen LogP contribution in [0.2, 0.25) is 0 Å². The van der Waals surface area contributed by atoms with Gasteiger partial charge in [-0.2, -0.15) is 0 Å². The Morgan fingerprint density at radius 3 is 2.41 bits per heavy atom. The first-order valence-electron chi connectivity index (χ1n) is 12.5. The van der Waals surface area contributed by atoms with Gasteiger partial charge in [-0.1, -0.05) is 48.0 Å². The standard InChI is InChI=1S/C32H24FNO5/c1-19-8-14-25-24(16-19)30(35)28-29(34(32(36)31(28)39-25)23-12-10-22(33)11-13-23)21-9-15-26(27(17-21)37-2)38-18-20-6-4-3-5-7-20/h3-17,29H,18H2,1-2H3. The van der Waals surface area contributed by atoms with Gasteiger partial charge in [-0.05, 0) is 66.6 Å². The number of halogens is 1. The zero-order valence-corrected chi connectivity index (χ0v) is 21.3. The summed E-state index contributed by atoms with van der Waals surface area (Å²) in [5, 5.41) is 0.391. The molecule has 0 fully saturated rings. The van der Waals surface area contributed by atoms with Crippen LogP contribution in [-0.2, 0) is 6.61 Å². The van der Waals surface area contributed by atoms with Gasteiger partial charge in [-0.3, -0.25) is 14.5 Å². The van der Waals surface area contributed by atoms with Crippen LogP contribution in [0.15, 0.2) is 100 Å². The van der Waals surface area contributed by atoms with Crippen LogP contribution in [0, 0.1) is 12.7 Å².